The molecule has 1 unspecified atom stereocenters. The highest BCUT2D eigenvalue weighted by atomic mass is 19.5. The number of likely N-dealkylation sites (N-methyl/N-ethyl adjacent to an activating group) is 1. The van der Waals surface area contributed by atoms with Crippen LogP contribution >= 0.6 is 0 Å². The number of nitrogens with zero attached hydrogens (tertiary/aromatic N) is 2. The molecule has 1 fully saturated rings. The van der Waals surface area contributed by atoms with Gasteiger partial charge in [-0.2, -0.15) is 0 Å². The first-order valence-corrected chi connectivity index (χ1v) is 4.18. The van der Waals surface area contributed by atoms with Crippen molar-refractivity contribution in [2.75, 3.05) is 26.8 Å². The van der Waals surface area contributed by atoms with E-state index in [0.717, 1.165) is 19.8 Å². The molecule has 14 heavy (non-hydrogen) atoms. The van der Waals surface area contributed by atoms with E-state index in [1.807, 2.05) is 4.90 Å². The first-order chi connectivity index (χ1) is 6.20. The Kier molecular flexibility index (Phi) is 5.39. The Morgan fingerprint density at radius 2 is 1.64 bits per heavy atom. The van der Waals surface area contributed by atoms with Gasteiger partial charge in [0, 0.05) is 13.1 Å². The van der Waals surface area contributed by atoms with Gasteiger partial charge in [0.25, 0.3) is 0 Å². The lowest BCUT2D eigenvalue weighted by molar-refractivity contribution is 0.0271. The summed E-state index contributed by atoms with van der Waals surface area (Å²) in [4.78, 5) is 4.22. The van der Waals surface area contributed by atoms with E-state index < -0.39 is 7.25 Å². The Morgan fingerprint density at radius 1 is 1.21 bits per heavy atom. The highest BCUT2D eigenvalue weighted by molar-refractivity contribution is 6.50. The van der Waals surface area contributed by atoms with E-state index in [0.29, 0.717) is 0 Å². The van der Waals surface area contributed by atoms with Crippen LogP contribution in [0.4, 0.5) is 17.3 Å². The lowest BCUT2D eigenvalue weighted by Crippen LogP contribution is -2.31. The van der Waals surface area contributed by atoms with Crippen LogP contribution in [0, 0.1) is 0 Å². The molecule has 0 amide bonds. The van der Waals surface area contributed by atoms with Crippen molar-refractivity contribution in [2.24, 2.45) is 0 Å². The lowest BCUT2D eigenvalue weighted by atomic mass is 10.3. The van der Waals surface area contributed by atoms with Crippen molar-refractivity contribution in [3.63, 3.8) is 0 Å². The zero-order chi connectivity index (χ0) is 11.4. The fourth-order valence-electron chi connectivity index (χ4n) is 1.06. The highest BCUT2D eigenvalue weighted by Gasteiger charge is 2.20. The smallest absolute Gasteiger partial charge is 0.418 e. The van der Waals surface area contributed by atoms with E-state index in [1.54, 1.807) is 6.92 Å². The standard InChI is InChI=1S/C6H14N2O.BF4/c1-6(9)8-4-3-7(2)5-8;2-1(3,4)5/h6,9H,3-5H2,1-2H3;/q;-1. The van der Waals surface area contributed by atoms with Crippen molar-refractivity contribution in [3.05, 3.63) is 0 Å². The number of rotatable bonds is 1. The van der Waals surface area contributed by atoms with Gasteiger partial charge in [0.15, 0.2) is 0 Å². The topological polar surface area (TPSA) is 26.7 Å². The molecule has 86 valence electrons. The average Bonchev–Trinajstić information content (AvgIpc) is 2.31. The predicted molar refractivity (Wildman–Crippen MR) is 46.1 cm³/mol. The van der Waals surface area contributed by atoms with Crippen molar-refractivity contribution < 1.29 is 22.4 Å². The van der Waals surface area contributed by atoms with Crippen molar-refractivity contribution in [1.29, 1.82) is 0 Å². The monoisotopic (exact) mass is 217 g/mol. The van der Waals surface area contributed by atoms with Crippen LogP contribution in [0.5, 0.6) is 0 Å². The molecule has 1 N–H and O–H groups in total. The Bertz CT molecular complexity index is 160. The van der Waals surface area contributed by atoms with Crippen molar-refractivity contribution in [2.45, 2.75) is 13.2 Å². The number of aliphatic hydroxyl groups excluding tert-OH is 1. The van der Waals surface area contributed by atoms with Gasteiger partial charge in [-0.25, -0.2) is 0 Å². The van der Waals surface area contributed by atoms with Gasteiger partial charge in [0.1, 0.15) is 6.23 Å². The Labute approximate surface area is 80.4 Å². The minimum atomic E-state index is -6.00. The quantitative estimate of drug-likeness (QED) is 0.520. The second-order valence-corrected chi connectivity index (χ2v) is 3.16. The van der Waals surface area contributed by atoms with Crippen LogP contribution < -0.4 is 0 Å². The molecule has 0 bridgehead atoms. The third-order valence-electron chi connectivity index (χ3n) is 1.72. The molecular formula is C6H14BF4N2O-. The summed E-state index contributed by atoms with van der Waals surface area (Å²) >= 11 is 0. The lowest BCUT2D eigenvalue weighted by Gasteiger charge is -2.17. The van der Waals surface area contributed by atoms with Crippen LogP contribution in [-0.2, 0) is 0 Å². The highest BCUT2D eigenvalue weighted by Crippen LogP contribution is 2.06. The van der Waals surface area contributed by atoms with Gasteiger partial charge in [-0.05, 0) is 14.0 Å². The number of hydrogen-bond acceptors (Lipinski definition) is 3. The zero-order valence-corrected chi connectivity index (χ0v) is 8.13. The fourth-order valence-corrected chi connectivity index (χ4v) is 1.06. The summed E-state index contributed by atoms with van der Waals surface area (Å²) < 4.78 is 39.0. The molecule has 0 aliphatic carbocycles. The molecule has 8 heteroatoms. The maximum Gasteiger partial charge on any atom is 0.673 e. The number of halogens is 4. The zero-order valence-electron chi connectivity index (χ0n) is 8.13. The predicted octanol–water partition coefficient (Wildman–Crippen LogP) is 0.830. The van der Waals surface area contributed by atoms with Crippen molar-refractivity contribution in [1.82, 2.24) is 9.80 Å². The van der Waals surface area contributed by atoms with Gasteiger partial charge in [0.05, 0.1) is 6.67 Å². The molecule has 1 aliphatic rings. The summed E-state index contributed by atoms with van der Waals surface area (Å²) in [6.45, 7) is 4.77. The molecule has 1 rings (SSSR count). The normalized spacial score (nSPS) is 21.6. The molecule has 1 atom stereocenters. The average molecular weight is 217 g/mol. The Hall–Kier alpha value is -0.335. The van der Waals surface area contributed by atoms with Crippen LogP contribution in [0.25, 0.3) is 0 Å². The molecular weight excluding hydrogens is 203 g/mol. The summed E-state index contributed by atoms with van der Waals surface area (Å²) in [7, 11) is -3.94. The molecule has 0 saturated carbocycles. The molecule has 0 radical (unpaired) electrons. The van der Waals surface area contributed by atoms with E-state index in [2.05, 4.69) is 11.9 Å². The molecule has 0 aromatic heterocycles. The van der Waals surface area contributed by atoms with Crippen molar-refractivity contribution >= 4 is 7.25 Å². The van der Waals surface area contributed by atoms with Crippen LogP contribution in [0.15, 0.2) is 0 Å². The molecule has 1 heterocycles. The largest absolute Gasteiger partial charge is 0.673 e. The Balaban J connectivity index is 0.000000292. The fraction of sp³-hybridized carbons (Fsp3) is 1.00. The maximum absolute atomic E-state index is 9.75. The first kappa shape index (κ1) is 13.7. The minimum Gasteiger partial charge on any atom is -0.418 e. The van der Waals surface area contributed by atoms with Gasteiger partial charge in [0.2, 0.25) is 0 Å². The van der Waals surface area contributed by atoms with Gasteiger partial charge in [-0.1, -0.05) is 0 Å². The number of hydrogen-bond donors (Lipinski definition) is 1. The van der Waals surface area contributed by atoms with Gasteiger partial charge < -0.3 is 22.4 Å². The molecule has 1 saturated heterocycles. The maximum atomic E-state index is 9.75. The third-order valence-corrected chi connectivity index (χ3v) is 1.72. The van der Waals surface area contributed by atoms with Crippen LogP contribution in [0.3, 0.4) is 0 Å². The van der Waals surface area contributed by atoms with Gasteiger partial charge in [-0.3, -0.25) is 9.80 Å². The van der Waals surface area contributed by atoms with Crippen LogP contribution in [0.1, 0.15) is 6.92 Å². The van der Waals surface area contributed by atoms with E-state index >= 15 is 0 Å². The van der Waals surface area contributed by atoms with E-state index in [4.69, 9.17) is 5.11 Å². The van der Waals surface area contributed by atoms with Gasteiger partial charge >= 0.3 is 7.25 Å². The van der Waals surface area contributed by atoms with E-state index in [9.17, 15) is 17.3 Å². The van der Waals surface area contributed by atoms with E-state index in [-0.39, 0.29) is 6.23 Å². The minimum absolute atomic E-state index is 0.282. The van der Waals surface area contributed by atoms with E-state index in [1.165, 1.54) is 0 Å². The molecule has 3 nitrogen and oxygen atoms in total. The van der Waals surface area contributed by atoms with Gasteiger partial charge in [-0.15, -0.1) is 0 Å². The summed E-state index contributed by atoms with van der Waals surface area (Å²) in [5.41, 5.74) is 0. The second-order valence-electron chi connectivity index (χ2n) is 3.16. The summed E-state index contributed by atoms with van der Waals surface area (Å²) in [6.07, 6.45) is -0.282. The summed E-state index contributed by atoms with van der Waals surface area (Å²) in [5.74, 6) is 0. The first-order valence-electron chi connectivity index (χ1n) is 4.18. The molecule has 0 spiro atoms. The molecule has 0 aromatic carbocycles. The van der Waals surface area contributed by atoms with Crippen molar-refractivity contribution in [3.8, 4) is 0 Å². The van der Waals surface area contributed by atoms with Crippen LogP contribution in [0.2, 0.25) is 0 Å². The SMILES string of the molecule is CC(O)N1CCN(C)C1.F[B-](F)(F)F. The second kappa shape index (κ2) is 5.52. The Morgan fingerprint density at radius 3 is 1.79 bits per heavy atom. The third kappa shape index (κ3) is 8.27. The molecule has 1 aliphatic heterocycles. The summed E-state index contributed by atoms with van der Waals surface area (Å²) in [5, 5.41) is 9.07. The molecule has 0 aromatic rings. The number of aliphatic hydroxyl groups is 1. The summed E-state index contributed by atoms with van der Waals surface area (Å²) in [6, 6.07) is 0. The van der Waals surface area contributed by atoms with Crippen LogP contribution in [-0.4, -0.2) is 55.2 Å².